The number of hydrogen-bond acceptors (Lipinski definition) is 9. The molecule has 1 aromatic carbocycles. The number of alkyl halides is 1. The van der Waals surface area contributed by atoms with Gasteiger partial charge in [0.05, 0.1) is 27.7 Å². The lowest BCUT2D eigenvalue weighted by Crippen LogP contribution is -2.58. The zero-order valence-electron chi connectivity index (χ0n) is 26.3. The van der Waals surface area contributed by atoms with Crippen molar-refractivity contribution in [2.75, 3.05) is 31.1 Å². The molecule has 8 nitrogen and oxygen atoms in total. The van der Waals surface area contributed by atoms with Crippen molar-refractivity contribution in [3.63, 3.8) is 0 Å². The number of hydrogen-bond donors (Lipinski definition) is 1. The summed E-state index contributed by atoms with van der Waals surface area (Å²) in [7, 11) is 0. The highest BCUT2D eigenvalue weighted by Crippen LogP contribution is 2.49. The number of aryl methyl sites for hydroxylation is 2. The van der Waals surface area contributed by atoms with Gasteiger partial charge in [-0.25, -0.2) is 13.2 Å². The van der Waals surface area contributed by atoms with Gasteiger partial charge in [-0.1, -0.05) is 6.58 Å². The molecule has 12 heteroatoms. The van der Waals surface area contributed by atoms with E-state index in [2.05, 4.69) is 37.7 Å². The number of halogens is 3. The average Bonchev–Trinajstić information content (AvgIpc) is 3.77. The Morgan fingerprint density at radius 1 is 1.17 bits per heavy atom. The number of thiophene rings is 1. The molecule has 1 N–H and O–H groups in total. The van der Waals surface area contributed by atoms with E-state index < -0.39 is 23.3 Å². The largest absolute Gasteiger partial charge is 0.461 e. The van der Waals surface area contributed by atoms with Gasteiger partial charge in [-0.3, -0.25) is 9.88 Å². The second kappa shape index (κ2) is 10.4. The summed E-state index contributed by atoms with van der Waals surface area (Å²) in [6.45, 7) is 10.1. The van der Waals surface area contributed by atoms with E-state index in [1.54, 1.807) is 6.20 Å². The summed E-state index contributed by atoms with van der Waals surface area (Å²) in [4.78, 5) is 19.2. The number of pyridine rings is 1. The molecule has 0 aliphatic carbocycles. The van der Waals surface area contributed by atoms with E-state index in [9.17, 15) is 9.65 Å². The molecule has 8 heterocycles. The summed E-state index contributed by atoms with van der Waals surface area (Å²) in [6, 6.07) is 2.55. The van der Waals surface area contributed by atoms with Crippen molar-refractivity contribution in [3.8, 4) is 23.3 Å². The number of anilines is 1. The highest BCUT2D eigenvalue weighted by Gasteiger charge is 2.50. The van der Waals surface area contributed by atoms with Crippen LogP contribution in [0.4, 0.5) is 19.0 Å². The average molecular weight is 658 g/mol. The monoisotopic (exact) mass is 657 g/mol. The van der Waals surface area contributed by atoms with E-state index >= 15 is 8.78 Å². The van der Waals surface area contributed by atoms with Crippen LogP contribution in [-0.4, -0.2) is 75.9 Å². The van der Waals surface area contributed by atoms with Crippen molar-refractivity contribution in [2.24, 2.45) is 0 Å². The predicted octanol–water partition coefficient (Wildman–Crippen LogP) is 6.35. The Labute approximate surface area is 274 Å². The van der Waals surface area contributed by atoms with Gasteiger partial charge in [0.15, 0.2) is 5.82 Å². The number of nitriles is 1. The number of ether oxygens (including phenoxy) is 1. The molecule has 2 bridgehead atoms. The summed E-state index contributed by atoms with van der Waals surface area (Å²) >= 11 is 1.42. The third kappa shape index (κ3) is 4.15. The molecule has 9 rings (SSSR count). The van der Waals surface area contributed by atoms with Crippen molar-refractivity contribution in [3.05, 3.63) is 46.0 Å². The van der Waals surface area contributed by atoms with Gasteiger partial charge in [-0.05, 0) is 63.6 Å². The second-order valence-corrected chi connectivity index (χ2v) is 15.2. The molecular weight excluding hydrogens is 623 g/mol. The van der Waals surface area contributed by atoms with Crippen molar-refractivity contribution < 1.29 is 17.9 Å². The molecule has 0 spiro atoms. The zero-order chi connectivity index (χ0) is 32.4. The lowest BCUT2D eigenvalue weighted by atomic mass is 9.91. The van der Waals surface area contributed by atoms with Gasteiger partial charge in [-0.2, -0.15) is 15.2 Å². The van der Waals surface area contributed by atoms with Crippen LogP contribution in [0.25, 0.3) is 37.8 Å². The zero-order valence-corrected chi connectivity index (χ0v) is 27.1. The normalized spacial score (nSPS) is 28.2. The number of rotatable bonds is 4. The Bertz CT molecular complexity index is 2080. The first-order valence-electron chi connectivity index (χ1n) is 16.4. The van der Waals surface area contributed by atoms with Gasteiger partial charge in [0.1, 0.15) is 36.0 Å². The highest BCUT2D eigenvalue weighted by atomic mass is 32.1. The van der Waals surface area contributed by atoms with Crippen LogP contribution in [0.3, 0.4) is 0 Å². The lowest BCUT2D eigenvalue weighted by molar-refractivity contribution is 0.107. The molecule has 0 unspecified atom stereocenters. The Kier molecular flexibility index (Phi) is 6.47. The summed E-state index contributed by atoms with van der Waals surface area (Å²) < 4.78 is 56.1. The van der Waals surface area contributed by atoms with Gasteiger partial charge in [-0.15, -0.1) is 11.3 Å². The highest BCUT2D eigenvalue weighted by molar-refractivity contribution is 7.19. The minimum Gasteiger partial charge on any atom is -0.461 e. The predicted molar refractivity (Wildman–Crippen MR) is 176 cm³/mol. The minimum atomic E-state index is -0.924. The molecule has 4 aromatic rings. The molecule has 0 radical (unpaired) electrons. The smallest absolute Gasteiger partial charge is 0.319 e. The fourth-order valence-corrected chi connectivity index (χ4v) is 10.2. The third-order valence-corrected chi connectivity index (χ3v) is 12.5. The van der Waals surface area contributed by atoms with Crippen LogP contribution in [0, 0.1) is 36.8 Å². The van der Waals surface area contributed by atoms with Crippen molar-refractivity contribution in [1.82, 2.24) is 25.2 Å². The molecule has 4 saturated heterocycles. The Hall–Kier alpha value is -3.79. The van der Waals surface area contributed by atoms with E-state index in [-0.39, 0.29) is 58.5 Å². The molecule has 0 amide bonds. The first kappa shape index (κ1) is 29.4. The molecule has 5 aliphatic heterocycles. The van der Waals surface area contributed by atoms with Crippen LogP contribution in [0.2, 0.25) is 0 Å². The van der Waals surface area contributed by atoms with Gasteiger partial charge < -0.3 is 15.0 Å². The molecule has 47 heavy (non-hydrogen) atoms. The molecule has 242 valence electrons. The maximum absolute atomic E-state index is 17.2. The molecule has 4 fully saturated rings. The van der Waals surface area contributed by atoms with Crippen LogP contribution in [0.5, 0.6) is 6.01 Å². The van der Waals surface area contributed by atoms with Gasteiger partial charge in [0, 0.05) is 64.4 Å². The first-order chi connectivity index (χ1) is 22.7. The van der Waals surface area contributed by atoms with Gasteiger partial charge in [0.25, 0.3) is 0 Å². The Morgan fingerprint density at radius 3 is 2.85 bits per heavy atom. The summed E-state index contributed by atoms with van der Waals surface area (Å²) in [5, 5.41) is 14.5. The molecule has 5 atom stereocenters. The minimum absolute atomic E-state index is 0.0123. The SMILES string of the molecule is C=C1C[C@H]2[C@@H]3CC[C@H](CN2c2nc(OC[C@@]45CCCN4C[C@H](F)C5)nc4c(F)c(-c5ncc(C)c6sc(C)c(C#N)c56)c(F)c1c24)N3. The lowest BCUT2D eigenvalue weighted by Gasteiger charge is -2.41. The Balaban J connectivity index is 1.29. The van der Waals surface area contributed by atoms with E-state index in [0.29, 0.717) is 48.3 Å². The number of piperazine rings is 1. The van der Waals surface area contributed by atoms with E-state index in [0.717, 1.165) is 47.4 Å². The van der Waals surface area contributed by atoms with Crippen LogP contribution in [0.15, 0.2) is 12.8 Å². The molecule has 0 saturated carbocycles. The molecular formula is C35H34F3N7OS. The molecule has 5 aliphatic rings. The Morgan fingerprint density at radius 2 is 2.02 bits per heavy atom. The summed E-state index contributed by atoms with van der Waals surface area (Å²) in [5.74, 6) is -1.22. The van der Waals surface area contributed by atoms with Crippen LogP contribution < -0.4 is 15.0 Å². The van der Waals surface area contributed by atoms with E-state index in [1.807, 2.05) is 13.8 Å². The van der Waals surface area contributed by atoms with Crippen molar-refractivity contribution in [2.45, 2.75) is 82.2 Å². The van der Waals surface area contributed by atoms with E-state index in [1.165, 1.54) is 11.3 Å². The molecule has 3 aromatic heterocycles. The first-order valence-corrected chi connectivity index (χ1v) is 17.2. The second-order valence-electron chi connectivity index (χ2n) is 14.0. The van der Waals surface area contributed by atoms with Crippen molar-refractivity contribution >= 4 is 43.7 Å². The number of benzene rings is 1. The van der Waals surface area contributed by atoms with Crippen LogP contribution in [-0.2, 0) is 0 Å². The van der Waals surface area contributed by atoms with Gasteiger partial charge in [0.2, 0.25) is 0 Å². The maximum Gasteiger partial charge on any atom is 0.319 e. The van der Waals surface area contributed by atoms with Crippen molar-refractivity contribution in [1.29, 1.82) is 5.26 Å². The number of nitrogens with zero attached hydrogens (tertiary/aromatic N) is 6. The fraction of sp³-hybridized carbons (Fsp3) is 0.486. The van der Waals surface area contributed by atoms with Crippen LogP contribution >= 0.6 is 11.3 Å². The number of nitrogens with one attached hydrogen (secondary N) is 1. The van der Waals surface area contributed by atoms with E-state index in [4.69, 9.17) is 9.72 Å². The maximum atomic E-state index is 17.2. The summed E-state index contributed by atoms with van der Waals surface area (Å²) in [5.41, 5.74) is 1.12. The van der Waals surface area contributed by atoms with Gasteiger partial charge >= 0.3 is 6.01 Å². The topological polar surface area (TPSA) is 90.2 Å². The third-order valence-electron chi connectivity index (χ3n) is 11.3. The fourth-order valence-electron chi connectivity index (χ4n) is 9.12. The number of fused-ring (bicyclic) bond motifs is 7. The van der Waals surface area contributed by atoms with Crippen LogP contribution in [0.1, 0.15) is 60.1 Å². The number of aromatic nitrogens is 3. The standard InChI is InChI=1S/C35H34F3N7OS/c1-16-9-23-22-6-5-20(41-22)14-45(23)33-26-24(16)28(37)27(30-25-21(11-39)18(3)47-32(25)17(2)12-40-30)29(38)31(26)42-34(43-33)46-15-35-7-4-8-44(35)13-19(36)10-35/h12,19-20,22-23,41H,1,4-10,13-15H2,2-3H3/t19-,20-,22+,23+,35+/m1/s1. The summed E-state index contributed by atoms with van der Waals surface area (Å²) in [6.07, 6.45) is 5.25. The quantitative estimate of drug-likeness (QED) is 0.272.